The summed E-state index contributed by atoms with van der Waals surface area (Å²) in [5.41, 5.74) is 0.988. The number of nitrogens with one attached hydrogen (secondary N) is 1. The van der Waals surface area contributed by atoms with Gasteiger partial charge < -0.3 is 5.32 Å². The number of hydrogen-bond donors (Lipinski definition) is 1. The van der Waals surface area contributed by atoms with Gasteiger partial charge in [0.05, 0.1) is 6.04 Å². The molecule has 1 heterocycles. The predicted octanol–water partition coefficient (Wildman–Crippen LogP) is 2.35. The lowest BCUT2D eigenvalue weighted by Crippen LogP contribution is -2.35. The smallest absolute Gasteiger partial charge is 0.156 e. The Balaban J connectivity index is 2.92. The van der Waals surface area contributed by atoms with E-state index >= 15 is 0 Å². The fraction of sp³-hybridized carbons (Fsp3) is 0.538. The minimum absolute atomic E-state index is 0.0319. The zero-order chi connectivity index (χ0) is 12.1. The molecule has 0 saturated carbocycles. The second kappa shape index (κ2) is 5.75. The molecule has 0 saturated heterocycles. The van der Waals surface area contributed by atoms with E-state index in [0.717, 1.165) is 5.56 Å². The number of pyridine rings is 1. The van der Waals surface area contributed by atoms with Gasteiger partial charge in [0.15, 0.2) is 5.78 Å². The highest BCUT2D eigenvalue weighted by Crippen LogP contribution is 2.17. The molecule has 0 amide bonds. The third-order valence-corrected chi connectivity index (χ3v) is 2.39. The standard InChI is InChI=1S/C13H20N2O/c1-9(2)13(16)12(15-10(3)4)11-5-7-14-8-6-11/h5-10,12,15H,1-4H3. The van der Waals surface area contributed by atoms with Gasteiger partial charge in [0.2, 0.25) is 0 Å². The maximum Gasteiger partial charge on any atom is 0.156 e. The number of ketones is 1. The maximum atomic E-state index is 12.1. The molecule has 0 aromatic carbocycles. The molecule has 1 N–H and O–H groups in total. The highest BCUT2D eigenvalue weighted by molar-refractivity contribution is 5.86. The second-order valence-electron chi connectivity index (χ2n) is 4.59. The number of aromatic nitrogens is 1. The molecule has 3 heteroatoms. The van der Waals surface area contributed by atoms with Crippen LogP contribution in [0.1, 0.15) is 39.3 Å². The Morgan fingerprint density at radius 3 is 2.19 bits per heavy atom. The van der Waals surface area contributed by atoms with Crippen molar-refractivity contribution < 1.29 is 4.79 Å². The average Bonchev–Trinajstić information content (AvgIpc) is 2.26. The van der Waals surface area contributed by atoms with Crippen LogP contribution in [0.4, 0.5) is 0 Å². The van der Waals surface area contributed by atoms with Crippen molar-refractivity contribution in [1.29, 1.82) is 0 Å². The van der Waals surface area contributed by atoms with Gasteiger partial charge in [-0.2, -0.15) is 0 Å². The highest BCUT2D eigenvalue weighted by Gasteiger charge is 2.23. The minimum Gasteiger partial charge on any atom is -0.302 e. The van der Waals surface area contributed by atoms with Crippen LogP contribution in [0.15, 0.2) is 24.5 Å². The van der Waals surface area contributed by atoms with Gasteiger partial charge in [-0.3, -0.25) is 9.78 Å². The van der Waals surface area contributed by atoms with Crippen molar-refractivity contribution in [2.75, 3.05) is 0 Å². The Kier molecular flexibility index (Phi) is 4.62. The number of carbonyl (C=O) groups excluding carboxylic acids is 1. The zero-order valence-corrected chi connectivity index (χ0v) is 10.4. The third kappa shape index (κ3) is 3.42. The molecule has 1 aromatic rings. The number of nitrogens with zero attached hydrogens (tertiary/aromatic N) is 1. The van der Waals surface area contributed by atoms with Crippen LogP contribution in [0.2, 0.25) is 0 Å². The monoisotopic (exact) mass is 220 g/mol. The molecule has 88 valence electrons. The molecule has 1 aromatic heterocycles. The van der Waals surface area contributed by atoms with Gasteiger partial charge in [0.1, 0.15) is 0 Å². The Morgan fingerprint density at radius 1 is 1.19 bits per heavy atom. The van der Waals surface area contributed by atoms with E-state index in [-0.39, 0.29) is 23.8 Å². The Bertz CT molecular complexity index is 333. The molecule has 0 aliphatic heterocycles. The molecule has 0 bridgehead atoms. The van der Waals surface area contributed by atoms with Crippen LogP contribution in [0.5, 0.6) is 0 Å². The van der Waals surface area contributed by atoms with Crippen molar-refractivity contribution in [3.8, 4) is 0 Å². The first kappa shape index (κ1) is 12.8. The first-order chi connectivity index (χ1) is 7.52. The summed E-state index contributed by atoms with van der Waals surface area (Å²) < 4.78 is 0. The van der Waals surface area contributed by atoms with E-state index in [1.54, 1.807) is 12.4 Å². The van der Waals surface area contributed by atoms with Gasteiger partial charge in [0, 0.05) is 24.4 Å². The molecule has 0 spiro atoms. The largest absolute Gasteiger partial charge is 0.302 e. The number of hydrogen-bond acceptors (Lipinski definition) is 3. The predicted molar refractivity (Wildman–Crippen MR) is 65.1 cm³/mol. The molecule has 1 unspecified atom stereocenters. The van der Waals surface area contributed by atoms with Gasteiger partial charge >= 0.3 is 0 Å². The van der Waals surface area contributed by atoms with E-state index in [1.165, 1.54) is 0 Å². The Morgan fingerprint density at radius 2 is 1.75 bits per heavy atom. The van der Waals surface area contributed by atoms with Crippen LogP contribution in [0.3, 0.4) is 0 Å². The lowest BCUT2D eigenvalue weighted by molar-refractivity contribution is -0.124. The quantitative estimate of drug-likeness (QED) is 0.828. The van der Waals surface area contributed by atoms with Gasteiger partial charge in [-0.25, -0.2) is 0 Å². The molecule has 0 radical (unpaired) electrons. The Hall–Kier alpha value is -1.22. The van der Waals surface area contributed by atoms with Crippen LogP contribution in [-0.4, -0.2) is 16.8 Å². The number of Topliss-reactive ketones (excluding diaryl/α,β-unsaturated/α-hetero) is 1. The van der Waals surface area contributed by atoms with Crippen molar-refractivity contribution in [3.05, 3.63) is 30.1 Å². The van der Waals surface area contributed by atoms with Crippen LogP contribution in [0.25, 0.3) is 0 Å². The van der Waals surface area contributed by atoms with Crippen LogP contribution >= 0.6 is 0 Å². The molecular weight excluding hydrogens is 200 g/mol. The summed E-state index contributed by atoms with van der Waals surface area (Å²) in [5.74, 6) is 0.254. The third-order valence-electron chi connectivity index (χ3n) is 2.39. The van der Waals surface area contributed by atoms with E-state index in [9.17, 15) is 4.79 Å². The molecule has 1 rings (SSSR count). The van der Waals surface area contributed by atoms with E-state index in [1.807, 2.05) is 39.8 Å². The normalized spacial score (nSPS) is 13.1. The lowest BCUT2D eigenvalue weighted by atomic mass is 9.95. The second-order valence-corrected chi connectivity index (χ2v) is 4.59. The topological polar surface area (TPSA) is 42.0 Å². The average molecular weight is 220 g/mol. The molecule has 3 nitrogen and oxygen atoms in total. The fourth-order valence-electron chi connectivity index (χ4n) is 1.57. The van der Waals surface area contributed by atoms with Crippen molar-refractivity contribution in [2.24, 2.45) is 5.92 Å². The molecule has 16 heavy (non-hydrogen) atoms. The zero-order valence-electron chi connectivity index (χ0n) is 10.4. The van der Waals surface area contributed by atoms with Gasteiger partial charge in [-0.15, -0.1) is 0 Å². The number of rotatable bonds is 5. The van der Waals surface area contributed by atoms with E-state index in [0.29, 0.717) is 0 Å². The van der Waals surface area contributed by atoms with Crippen molar-refractivity contribution >= 4 is 5.78 Å². The highest BCUT2D eigenvalue weighted by atomic mass is 16.1. The fourth-order valence-corrected chi connectivity index (χ4v) is 1.57. The summed E-state index contributed by atoms with van der Waals surface area (Å²) >= 11 is 0. The molecular formula is C13H20N2O. The van der Waals surface area contributed by atoms with E-state index in [4.69, 9.17) is 0 Å². The summed E-state index contributed by atoms with van der Waals surface area (Å²) in [5, 5.41) is 3.30. The van der Waals surface area contributed by atoms with E-state index in [2.05, 4.69) is 10.3 Å². The summed E-state index contributed by atoms with van der Waals surface area (Å²) in [7, 11) is 0. The molecule has 0 fully saturated rings. The van der Waals surface area contributed by atoms with Crippen LogP contribution in [0, 0.1) is 5.92 Å². The maximum absolute atomic E-state index is 12.1. The lowest BCUT2D eigenvalue weighted by Gasteiger charge is -2.22. The van der Waals surface area contributed by atoms with Crippen molar-refractivity contribution in [2.45, 2.75) is 39.8 Å². The van der Waals surface area contributed by atoms with Gasteiger partial charge in [0.25, 0.3) is 0 Å². The summed E-state index contributed by atoms with van der Waals surface area (Å²) in [4.78, 5) is 16.1. The van der Waals surface area contributed by atoms with Gasteiger partial charge in [-0.1, -0.05) is 13.8 Å². The minimum atomic E-state index is -0.219. The SMILES string of the molecule is CC(C)NC(C(=O)C(C)C)c1ccncc1. The van der Waals surface area contributed by atoms with Crippen molar-refractivity contribution in [1.82, 2.24) is 10.3 Å². The van der Waals surface area contributed by atoms with Crippen LogP contribution < -0.4 is 5.32 Å². The first-order valence-corrected chi connectivity index (χ1v) is 5.72. The van der Waals surface area contributed by atoms with Gasteiger partial charge in [-0.05, 0) is 31.5 Å². The number of carbonyl (C=O) groups is 1. The summed E-state index contributed by atoms with van der Waals surface area (Å²) in [6, 6.07) is 3.84. The molecule has 1 atom stereocenters. The van der Waals surface area contributed by atoms with Crippen molar-refractivity contribution in [3.63, 3.8) is 0 Å². The molecule has 0 aliphatic rings. The van der Waals surface area contributed by atoms with Crippen LogP contribution in [-0.2, 0) is 4.79 Å². The first-order valence-electron chi connectivity index (χ1n) is 5.72. The molecule has 0 aliphatic carbocycles. The summed E-state index contributed by atoms with van der Waals surface area (Å²) in [6.45, 7) is 7.95. The summed E-state index contributed by atoms with van der Waals surface area (Å²) in [6.07, 6.45) is 3.44. The Labute approximate surface area is 97.3 Å². The van der Waals surface area contributed by atoms with E-state index < -0.39 is 0 Å².